The Bertz CT molecular complexity index is 778. The van der Waals surface area contributed by atoms with Crippen molar-refractivity contribution < 1.29 is 14.5 Å². The first kappa shape index (κ1) is 15.9. The van der Waals surface area contributed by atoms with Gasteiger partial charge >= 0.3 is 0 Å². The molecule has 0 fully saturated rings. The van der Waals surface area contributed by atoms with Gasteiger partial charge in [0.15, 0.2) is 0 Å². The van der Waals surface area contributed by atoms with Crippen LogP contribution in [0.3, 0.4) is 0 Å². The van der Waals surface area contributed by atoms with Crippen molar-refractivity contribution in [3.63, 3.8) is 0 Å². The number of nitro benzene ring substituents is 1. The molecule has 24 heavy (non-hydrogen) atoms. The molecule has 2 aromatic carbocycles. The number of ether oxygens (including phenoxy) is 1. The average Bonchev–Trinajstić information content (AvgIpc) is 2.61. The second-order valence-corrected chi connectivity index (χ2v) is 5.40. The van der Waals surface area contributed by atoms with Crippen LogP contribution in [0.4, 0.5) is 11.4 Å². The minimum Gasteiger partial charge on any atom is -0.383 e. The number of anilines is 1. The van der Waals surface area contributed by atoms with E-state index < -0.39 is 11.1 Å². The lowest BCUT2D eigenvalue weighted by Gasteiger charge is -2.37. The molecule has 124 valence electrons. The molecule has 2 aromatic rings. The molecule has 0 spiro atoms. The van der Waals surface area contributed by atoms with Gasteiger partial charge in [0.1, 0.15) is 6.17 Å². The summed E-state index contributed by atoms with van der Waals surface area (Å²) in [4.78, 5) is 25.3. The summed E-state index contributed by atoms with van der Waals surface area (Å²) in [5.74, 6) is -0.176. The van der Waals surface area contributed by atoms with Crippen LogP contribution in [0.15, 0.2) is 48.5 Å². The summed E-state index contributed by atoms with van der Waals surface area (Å²) in [5.41, 5.74) is 1.63. The quantitative estimate of drug-likeness (QED) is 0.674. The molecule has 0 saturated heterocycles. The van der Waals surface area contributed by atoms with Gasteiger partial charge in [0, 0.05) is 25.4 Å². The van der Waals surface area contributed by atoms with Gasteiger partial charge in [-0.15, -0.1) is 0 Å². The van der Waals surface area contributed by atoms with Gasteiger partial charge in [-0.05, 0) is 18.2 Å². The van der Waals surface area contributed by atoms with E-state index in [1.54, 1.807) is 48.4 Å². The fraction of sp³-hybridized carbons (Fsp3) is 0.235. The van der Waals surface area contributed by atoms with Gasteiger partial charge in [0.25, 0.3) is 11.6 Å². The van der Waals surface area contributed by atoms with Crippen molar-refractivity contribution in [3.05, 3.63) is 69.8 Å². The SMILES string of the molecule is COCCN1C(=O)c2ccccc2NC1c1ccccc1[N+](=O)[O-]. The van der Waals surface area contributed by atoms with E-state index in [2.05, 4.69) is 5.32 Å². The van der Waals surface area contributed by atoms with Gasteiger partial charge in [-0.3, -0.25) is 14.9 Å². The summed E-state index contributed by atoms with van der Waals surface area (Å²) in [6, 6.07) is 13.6. The molecule has 1 heterocycles. The molecule has 1 aliphatic heterocycles. The Morgan fingerprint density at radius 3 is 2.67 bits per heavy atom. The number of fused-ring (bicyclic) bond motifs is 1. The lowest BCUT2D eigenvalue weighted by molar-refractivity contribution is -0.385. The van der Waals surface area contributed by atoms with Gasteiger partial charge < -0.3 is 15.0 Å². The van der Waals surface area contributed by atoms with Gasteiger partial charge in [-0.1, -0.05) is 24.3 Å². The zero-order valence-corrected chi connectivity index (χ0v) is 13.1. The number of hydrogen-bond donors (Lipinski definition) is 1. The lowest BCUT2D eigenvalue weighted by Crippen LogP contribution is -2.44. The first-order valence-corrected chi connectivity index (χ1v) is 7.52. The van der Waals surface area contributed by atoms with E-state index in [-0.39, 0.29) is 11.6 Å². The van der Waals surface area contributed by atoms with E-state index in [0.717, 1.165) is 0 Å². The molecule has 1 amide bonds. The van der Waals surface area contributed by atoms with Crippen molar-refractivity contribution in [1.29, 1.82) is 0 Å². The standard InChI is InChI=1S/C17H17N3O4/c1-24-11-10-19-16(13-7-3-5-9-15(13)20(22)23)18-14-8-4-2-6-12(14)17(19)21/h2-9,16,18H,10-11H2,1H3. The highest BCUT2D eigenvalue weighted by Crippen LogP contribution is 2.36. The molecule has 1 unspecified atom stereocenters. The number of para-hydroxylation sites is 2. The third kappa shape index (κ3) is 2.81. The van der Waals surface area contributed by atoms with Crippen molar-refractivity contribution in [2.75, 3.05) is 25.6 Å². The topological polar surface area (TPSA) is 84.7 Å². The van der Waals surface area contributed by atoms with Gasteiger partial charge in [-0.25, -0.2) is 0 Å². The zero-order valence-electron chi connectivity index (χ0n) is 13.1. The predicted molar refractivity (Wildman–Crippen MR) is 88.8 cm³/mol. The second-order valence-electron chi connectivity index (χ2n) is 5.40. The minimum absolute atomic E-state index is 0.0235. The number of nitrogens with zero attached hydrogens (tertiary/aromatic N) is 2. The highest BCUT2D eigenvalue weighted by Gasteiger charge is 2.35. The molecule has 0 aromatic heterocycles. The van der Waals surface area contributed by atoms with E-state index in [1.807, 2.05) is 6.07 Å². The summed E-state index contributed by atoms with van der Waals surface area (Å²) >= 11 is 0. The van der Waals surface area contributed by atoms with Gasteiger partial charge in [0.2, 0.25) is 0 Å². The maximum absolute atomic E-state index is 12.8. The first-order valence-electron chi connectivity index (χ1n) is 7.52. The summed E-state index contributed by atoms with van der Waals surface area (Å²) < 4.78 is 5.09. The van der Waals surface area contributed by atoms with E-state index >= 15 is 0 Å². The molecule has 0 bridgehead atoms. The summed E-state index contributed by atoms with van der Waals surface area (Å²) in [7, 11) is 1.55. The van der Waals surface area contributed by atoms with Crippen molar-refractivity contribution in [1.82, 2.24) is 4.90 Å². The Kier molecular flexibility index (Phi) is 4.43. The number of methoxy groups -OCH3 is 1. The second kappa shape index (κ2) is 6.67. The number of carbonyl (C=O) groups excluding carboxylic acids is 1. The largest absolute Gasteiger partial charge is 0.383 e. The zero-order chi connectivity index (χ0) is 17.1. The number of nitrogens with one attached hydrogen (secondary N) is 1. The van der Waals surface area contributed by atoms with Crippen LogP contribution in [0.2, 0.25) is 0 Å². The number of amides is 1. The maximum atomic E-state index is 12.8. The Morgan fingerprint density at radius 1 is 1.21 bits per heavy atom. The summed E-state index contributed by atoms with van der Waals surface area (Å²) in [6.07, 6.45) is -0.621. The van der Waals surface area contributed by atoms with Crippen LogP contribution < -0.4 is 5.32 Å². The van der Waals surface area contributed by atoms with Crippen LogP contribution in [0, 0.1) is 10.1 Å². The Labute approximate surface area is 139 Å². The number of carbonyl (C=O) groups is 1. The molecule has 1 N–H and O–H groups in total. The normalized spacial score (nSPS) is 16.5. The van der Waals surface area contributed by atoms with Crippen LogP contribution in [-0.2, 0) is 4.74 Å². The van der Waals surface area contributed by atoms with Crippen molar-refractivity contribution in [3.8, 4) is 0 Å². The molecular weight excluding hydrogens is 310 g/mol. The first-order chi connectivity index (χ1) is 11.6. The molecule has 0 saturated carbocycles. The third-order valence-corrected chi connectivity index (χ3v) is 3.99. The Balaban J connectivity index is 2.08. The smallest absolute Gasteiger partial charge is 0.276 e. The van der Waals surface area contributed by atoms with E-state index in [4.69, 9.17) is 4.74 Å². The summed E-state index contributed by atoms with van der Waals surface area (Å²) in [6.45, 7) is 0.667. The van der Waals surface area contributed by atoms with Crippen LogP contribution in [0.5, 0.6) is 0 Å². The van der Waals surface area contributed by atoms with Crippen LogP contribution in [-0.4, -0.2) is 36.0 Å². The molecular formula is C17H17N3O4. The van der Waals surface area contributed by atoms with Crippen LogP contribution in [0.1, 0.15) is 22.1 Å². The fourth-order valence-corrected chi connectivity index (χ4v) is 2.84. The van der Waals surface area contributed by atoms with Crippen LogP contribution in [0.25, 0.3) is 0 Å². The highest BCUT2D eigenvalue weighted by atomic mass is 16.6. The molecule has 1 aliphatic rings. The number of nitro groups is 1. The van der Waals surface area contributed by atoms with Gasteiger partial charge in [0.05, 0.1) is 22.7 Å². The highest BCUT2D eigenvalue weighted by molar-refractivity contribution is 6.01. The Hall–Kier alpha value is -2.93. The van der Waals surface area contributed by atoms with Crippen molar-refractivity contribution >= 4 is 17.3 Å². The number of hydrogen-bond acceptors (Lipinski definition) is 5. The maximum Gasteiger partial charge on any atom is 0.276 e. The molecule has 3 rings (SSSR count). The third-order valence-electron chi connectivity index (χ3n) is 3.99. The number of rotatable bonds is 5. The summed E-state index contributed by atoms with van der Waals surface area (Å²) in [5, 5.41) is 14.6. The average molecular weight is 327 g/mol. The van der Waals surface area contributed by atoms with Crippen molar-refractivity contribution in [2.24, 2.45) is 0 Å². The van der Waals surface area contributed by atoms with Crippen LogP contribution >= 0.6 is 0 Å². The van der Waals surface area contributed by atoms with Gasteiger partial charge in [-0.2, -0.15) is 0 Å². The molecule has 7 heteroatoms. The minimum atomic E-state index is -0.621. The molecule has 7 nitrogen and oxygen atoms in total. The monoisotopic (exact) mass is 327 g/mol. The molecule has 0 radical (unpaired) electrons. The number of benzene rings is 2. The predicted octanol–water partition coefficient (Wildman–Crippen LogP) is 2.81. The van der Waals surface area contributed by atoms with E-state index in [9.17, 15) is 14.9 Å². The van der Waals surface area contributed by atoms with Crippen molar-refractivity contribution in [2.45, 2.75) is 6.17 Å². The molecule has 0 aliphatic carbocycles. The van der Waals surface area contributed by atoms with E-state index in [1.165, 1.54) is 6.07 Å². The Morgan fingerprint density at radius 2 is 1.92 bits per heavy atom. The molecule has 1 atom stereocenters. The fourth-order valence-electron chi connectivity index (χ4n) is 2.84. The lowest BCUT2D eigenvalue weighted by atomic mass is 10.0. The van der Waals surface area contributed by atoms with E-state index in [0.29, 0.717) is 30.0 Å².